The molecule has 0 bridgehead atoms. The number of benzene rings is 1. The van der Waals surface area contributed by atoms with Crippen molar-refractivity contribution in [2.45, 2.75) is 12.8 Å². The first-order chi connectivity index (χ1) is 8.78. The van der Waals surface area contributed by atoms with E-state index in [1.807, 2.05) is 0 Å². The summed E-state index contributed by atoms with van der Waals surface area (Å²) in [6, 6.07) is 6.60. The molecule has 0 atom stereocenters. The molecule has 1 aromatic rings. The Morgan fingerprint density at radius 3 is 2.56 bits per heavy atom. The van der Waals surface area contributed by atoms with E-state index in [9.17, 15) is 4.39 Å². The molecule has 0 aromatic heterocycles. The molecule has 1 aromatic carbocycles. The monoisotopic (exact) mass is 243 g/mol. The molecule has 1 aliphatic heterocycles. The smallest absolute Gasteiger partial charge is 0.123 e. The molecule has 0 aliphatic carbocycles. The number of rotatable bonds is 3. The fraction of sp³-hybridized carbons (Fsp3) is 0.375. The number of piperidine rings is 1. The van der Waals surface area contributed by atoms with Crippen molar-refractivity contribution in [3.05, 3.63) is 41.7 Å². The van der Waals surface area contributed by atoms with Crippen molar-refractivity contribution in [3.63, 3.8) is 0 Å². The maximum Gasteiger partial charge on any atom is 0.123 e. The second-order valence-electron chi connectivity index (χ2n) is 4.73. The number of nitrogens with zero attached hydrogens (tertiary/aromatic N) is 1. The van der Waals surface area contributed by atoms with Crippen molar-refractivity contribution >= 4 is 6.08 Å². The van der Waals surface area contributed by atoms with E-state index in [0.29, 0.717) is 5.92 Å². The second kappa shape index (κ2) is 6.37. The standard InChI is InChI=1S/C16H18FN/c1-2-11-18-12-9-15(10-13-18)4-3-14-5-7-16(17)8-6-14/h1,3-8,15H,9-13H2/b4-3-. The number of likely N-dealkylation sites (tertiary alicyclic amines) is 1. The van der Waals surface area contributed by atoms with Gasteiger partial charge in [0.15, 0.2) is 0 Å². The van der Waals surface area contributed by atoms with Crippen LogP contribution in [0.1, 0.15) is 18.4 Å². The maximum atomic E-state index is 12.8. The summed E-state index contributed by atoms with van der Waals surface area (Å²) < 4.78 is 12.8. The molecular formula is C16H18FN. The molecule has 1 saturated heterocycles. The van der Waals surface area contributed by atoms with Crippen LogP contribution in [0, 0.1) is 24.1 Å². The van der Waals surface area contributed by atoms with Crippen LogP contribution in [-0.4, -0.2) is 24.5 Å². The molecule has 2 heteroatoms. The molecule has 0 radical (unpaired) electrons. The predicted molar refractivity (Wildman–Crippen MR) is 73.4 cm³/mol. The lowest BCUT2D eigenvalue weighted by Crippen LogP contribution is -2.33. The summed E-state index contributed by atoms with van der Waals surface area (Å²) in [6.45, 7) is 2.90. The van der Waals surface area contributed by atoms with Crippen LogP contribution in [0.15, 0.2) is 30.3 Å². The summed E-state index contributed by atoms with van der Waals surface area (Å²) in [5, 5.41) is 0. The van der Waals surface area contributed by atoms with Gasteiger partial charge in [0, 0.05) is 0 Å². The van der Waals surface area contributed by atoms with E-state index in [2.05, 4.69) is 23.0 Å². The van der Waals surface area contributed by atoms with Crippen LogP contribution in [0.2, 0.25) is 0 Å². The first kappa shape index (κ1) is 12.9. The number of terminal acetylenes is 1. The van der Waals surface area contributed by atoms with Crippen LogP contribution in [0.5, 0.6) is 0 Å². The lowest BCUT2D eigenvalue weighted by atomic mass is 9.95. The Kier molecular flexibility index (Phi) is 4.55. The topological polar surface area (TPSA) is 3.24 Å². The Morgan fingerprint density at radius 1 is 1.28 bits per heavy atom. The van der Waals surface area contributed by atoms with E-state index in [0.717, 1.165) is 38.0 Å². The van der Waals surface area contributed by atoms with E-state index in [-0.39, 0.29) is 5.82 Å². The number of allylic oxidation sites excluding steroid dienone is 1. The van der Waals surface area contributed by atoms with Gasteiger partial charge in [0.05, 0.1) is 6.54 Å². The van der Waals surface area contributed by atoms with Gasteiger partial charge in [0.1, 0.15) is 5.82 Å². The molecule has 0 amide bonds. The van der Waals surface area contributed by atoms with Gasteiger partial charge >= 0.3 is 0 Å². The summed E-state index contributed by atoms with van der Waals surface area (Å²) >= 11 is 0. The molecule has 2 rings (SSSR count). The zero-order chi connectivity index (χ0) is 12.8. The molecule has 94 valence electrons. The number of hydrogen-bond acceptors (Lipinski definition) is 1. The van der Waals surface area contributed by atoms with E-state index in [4.69, 9.17) is 6.42 Å². The summed E-state index contributed by atoms with van der Waals surface area (Å²) in [7, 11) is 0. The van der Waals surface area contributed by atoms with Gasteiger partial charge in [-0.3, -0.25) is 4.90 Å². The zero-order valence-corrected chi connectivity index (χ0v) is 10.5. The highest BCUT2D eigenvalue weighted by Crippen LogP contribution is 2.19. The highest BCUT2D eigenvalue weighted by atomic mass is 19.1. The van der Waals surface area contributed by atoms with Gasteiger partial charge in [0.25, 0.3) is 0 Å². The van der Waals surface area contributed by atoms with Crippen LogP contribution >= 0.6 is 0 Å². The van der Waals surface area contributed by atoms with E-state index >= 15 is 0 Å². The Morgan fingerprint density at radius 2 is 1.94 bits per heavy atom. The number of hydrogen-bond donors (Lipinski definition) is 0. The van der Waals surface area contributed by atoms with Gasteiger partial charge in [-0.25, -0.2) is 4.39 Å². The van der Waals surface area contributed by atoms with Gasteiger partial charge in [-0.15, -0.1) is 6.42 Å². The van der Waals surface area contributed by atoms with Crippen LogP contribution < -0.4 is 0 Å². The van der Waals surface area contributed by atoms with Gasteiger partial charge in [-0.2, -0.15) is 0 Å². The van der Waals surface area contributed by atoms with Crippen molar-refractivity contribution in [2.75, 3.05) is 19.6 Å². The Bertz CT molecular complexity index is 433. The lowest BCUT2D eigenvalue weighted by molar-refractivity contribution is 0.226. The Balaban J connectivity index is 1.84. The van der Waals surface area contributed by atoms with Crippen molar-refractivity contribution in [1.29, 1.82) is 0 Å². The molecule has 18 heavy (non-hydrogen) atoms. The SMILES string of the molecule is C#CCN1CCC(/C=C\c2ccc(F)cc2)CC1. The Labute approximate surface area is 108 Å². The minimum Gasteiger partial charge on any atom is -0.292 e. The van der Waals surface area contributed by atoms with Crippen LogP contribution in [0.25, 0.3) is 6.08 Å². The summed E-state index contributed by atoms with van der Waals surface area (Å²) in [6.07, 6.45) is 11.9. The quantitative estimate of drug-likeness (QED) is 0.737. The molecule has 0 N–H and O–H groups in total. The van der Waals surface area contributed by atoms with Crippen molar-refractivity contribution in [3.8, 4) is 12.3 Å². The average molecular weight is 243 g/mol. The van der Waals surface area contributed by atoms with Crippen molar-refractivity contribution < 1.29 is 4.39 Å². The van der Waals surface area contributed by atoms with Crippen molar-refractivity contribution in [2.24, 2.45) is 5.92 Å². The molecule has 1 fully saturated rings. The largest absolute Gasteiger partial charge is 0.292 e. The molecular weight excluding hydrogens is 225 g/mol. The van der Waals surface area contributed by atoms with Crippen LogP contribution in [0.3, 0.4) is 0 Å². The first-order valence-electron chi connectivity index (χ1n) is 6.37. The van der Waals surface area contributed by atoms with Crippen molar-refractivity contribution in [1.82, 2.24) is 4.90 Å². The molecule has 1 aliphatic rings. The third-order valence-electron chi connectivity index (χ3n) is 3.38. The molecule has 0 saturated carbocycles. The fourth-order valence-electron chi connectivity index (χ4n) is 2.25. The van der Waals surface area contributed by atoms with E-state index in [1.165, 1.54) is 12.1 Å². The number of halogens is 1. The molecule has 0 spiro atoms. The summed E-state index contributed by atoms with van der Waals surface area (Å²) in [5.41, 5.74) is 1.06. The van der Waals surface area contributed by atoms with Gasteiger partial charge in [-0.1, -0.05) is 30.2 Å². The minimum absolute atomic E-state index is 0.185. The highest BCUT2D eigenvalue weighted by molar-refractivity contribution is 5.49. The Hall–Kier alpha value is -1.59. The lowest BCUT2D eigenvalue weighted by Gasteiger charge is -2.28. The van der Waals surface area contributed by atoms with Gasteiger partial charge in [0.2, 0.25) is 0 Å². The maximum absolute atomic E-state index is 12.8. The van der Waals surface area contributed by atoms with Gasteiger partial charge in [-0.05, 0) is 49.5 Å². The second-order valence-corrected chi connectivity index (χ2v) is 4.73. The average Bonchev–Trinajstić information content (AvgIpc) is 2.40. The van der Waals surface area contributed by atoms with E-state index < -0.39 is 0 Å². The summed E-state index contributed by atoms with van der Waals surface area (Å²) in [4.78, 5) is 2.31. The minimum atomic E-state index is -0.185. The fourth-order valence-corrected chi connectivity index (χ4v) is 2.25. The highest BCUT2D eigenvalue weighted by Gasteiger charge is 2.15. The zero-order valence-electron chi connectivity index (χ0n) is 10.5. The predicted octanol–water partition coefficient (Wildman–Crippen LogP) is 3.18. The normalized spacial score (nSPS) is 18.0. The first-order valence-corrected chi connectivity index (χ1v) is 6.37. The van der Waals surface area contributed by atoms with Crippen LogP contribution in [-0.2, 0) is 0 Å². The molecule has 1 nitrogen and oxygen atoms in total. The third kappa shape index (κ3) is 3.72. The van der Waals surface area contributed by atoms with Crippen LogP contribution in [0.4, 0.5) is 4.39 Å². The van der Waals surface area contributed by atoms with E-state index in [1.54, 1.807) is 12.1 Å². The summed E-state index contributed by atoms with van der Waals surface area (Å²) in [5.74, 6) is 3.12. The molecule has 0 unspecified atom stereocenters. The molecule has 1 heterocycles. The third-order valence-corrected chi connectivity index (χ3v) is 3.38. The van der Waals surface area contributed by atoms with Gasteiger partial charge < -0.3 is 0 Å².